The number of amides is 2. The molecule has 9 nitrogen and oxygen atoms in total. The van der Waals surface area contributed by atoms with E-state index in [9.17, 15) is 19.7 Å². The van der Waals surface area contributed by atoms with Crippen LogP contribution >= 0.6 is 11.6 Å². The molecule has 0 radical (unpaired) electrons. The van der Waals surface area contributed by atoms with Crippen molar-refractivity contribution in [2.75, 3.05) is 12.1 Å². The van der Waals surface area contributed by atoms with Crippen LogP contribution in [-0.4, -0.2) is 23.5 Å². The molecule has 0 fully saturated rings. The monoisotopic (exact) mass is 479 g/mol. The summed E-state index contributed by atoms with van der Waals surface area (Å²) in [6.45, 7) is 0.425. The topological polar surface area (TPSA) is 120 Å². The Balaban J connectivity index is 1.41. The lowest BCUT2D eigenvalue weighted by Crippen LogP contribution is -2.24. The smallest absolute Gasteiger partial charge is 0.288 e. The number of carbonyl (C=O) groups is 2. The van der Waals surface area contributed by atoms with Crippen LogP contribution < -0.4 is 20.1 Å². The standard InChI is InChI=1S/C24H18ClN3O6/c25-18-8-5-15(11-20(18)28(31)32)7-10-23(29)27-19-4-2-1-3-17(19)24(30)26-13-16-6-9-21-22(12-16)34-14-33-21/h1-12H,13-14H2,(H,26,30)(H,27,29)/b10-7+. The van der Waals surface area contributed by atoms with Crippen LogP contribution in [0.5, 0.6) is 11.5 Å². The minimum absolute atomic E-state index is 0.00675. The van der Waals surface area contributed by atoms with E-state index >= 15 is 0 Å². The number of nitrogens with one attached hydrogen (secondary N) is 2. The minimum Gasteiger partial charge on any atom is -0.454 e. The number of nitrogens with zero attached hydrogens (tertiary/aromatic N) is 1. The molecule has 3 aromatic rings. The molecule has 10 heteroatoms. The lowest BCUT2D eigenvalue weighted by atomic mass is 10.1. The number of rotatable bonds is 7. The Labute approximate surface area is 199 Å². The number of nitro groups is 1. The summed E-state index contributed by atoms with van der Waals surface area (Å²) >= 11 is 5.80. The first-order chi connectivity index (χ1) is 16.4. The van der Waals surface area contributed by atoms with Crippen molar-refractivity contribution < 1.29 is 24.0 Å². The highest BCUT2D eigenvalue weighted by molar-refractivity contribution is 6.32. The van der Waals surface area contributed by atoms with Crippen molar-refractivity contribution in [3.05, 3.63) is 98.6 Å². The maximum atomic E-state index is 12.8. The molecule has 0 saturated carbocycles. The molecule has 2 amide bonds. The molecule has 1 aliphatic rings. The van der Waals surface area contributed by atoms with Crippen molar-refractivity contribution in [2.45, 2.75) is 6.54 Å². The van der Waals surface area contributed by atoms with Gasteiger partial charge in [-0.3, -0.25) is 19.7 Å². The zero-order valence-corrected chi connectivity index (χ0v) is 18.4. The van der Waals surface area contributed by atoms with Crippen LogP contribution in [0, 0.1) is 10.1 Å². The van der Waals surface area contributed by atoms with Gasteiger partial charge in [0.15, 0.2) is 11.5 Å². The Morgan fingerprint density at radius 2 is 1.85 bits per heavy atom. The molecule has 2 N–H and O–H groups in total. The highest BCUT2D eigenvalue weighted by Crippen LogP contribution is 2.32. The fourth-order valence-electron chi connectivity index (χ4n) is 3.24. The minimum atomic E-state index is -0.599. The molecule has 172 valence electrons. The molecule has 0 bridgehead atoms. The van der Waals surface area contributed by atoms with Gasteiger partial charge in [0.25, 0.3) is 11.6 Å². The number of halogens is 1. The number of hydrogen-bond acceptors (Lipinski definition) is 6. The van der Waals surface area contributed by atoms with E-state index in [1.807, 2.05) is 6.07 Å². The molecular formula is C24H18ClN3O6. The summed E-state index contributed by atoms with van der Waals surface area (Å²) in [5, 5.41) is 16.5. The molecule has 0 spiro atoms. The van der Waals surface area contributed by atoms with Gasteiger partial charge in [-0.2, -0.15) is 0 Å². The molecule has 1 aliphatic heterocycles. The fraction of sp³-hybridized carbons (Fsp3) is 0.0833. The van der Waals surface area contributed by atoms with Crippen LogP contribution in [0.25, 0.3) is 6.08 Å². The molecule has 3 aromatic carbocycles. The number of ether oxygens (including phenoxy) is 2. The van der Waals surface area contributed by atoms with Crippen molar-refractivity contribution >= 4 is 40.9 Å². The number of para-hydroxylation sites is 1. The second-order valence-electron chi connectivity index (χ2n) is 7.21. The zero-order valence-electron chi connectivity index (χ0n) is 17.6. The van der Waals surface area contributed by atoms with Crippen molar-refractivity contribution in [2.24, 2.45) is 0 Å². The van der Waals surface area contributed by atoms with Crippen molar-refractivity contribution in [1.82, 2.24) is 5.32 Å². The average molecular weight is 480 g/mol. The number of nitro benzene ring substituents is 1. The normalized spacial score (nSPS) is 11.9. The predicted molar refractivity (Wildman–Crippen MR) is 126 cm³/mol. The van der Waals surface area contributed by atoms with E-state index in [2.05, 4.69) is 10.6 Å². The van der Waals surface area contributed by atoms with E-state index in [4.69, 9.17) is 21.1 Å². The zero-order chi connectivity index (χ0) is 24.1. The fourth-order valence-corrected chi connectivity index (χ4v) is 3.42. The van der Waals surface area contributed by atoms with Crippen molar-refractivity contribution in [3.63, 3.8) is 0 Å². The van der Waals surface area contributed by atoms with Gasteiger partial charge in [-0.15, -0.1) is 0 Å². The molecule has 0 aliphatic carbocycles. The average Bonchev–Trinajstić information content (AvgIpc) is 3.30. The van der Waals surface area contributed by atoms with Gasteiger partial charge >= 0.3 is 0 Å². The van der Waals surface area contributed by atoms with Crippen molar-refractivity contribution in [3.8, 4) is 11.5 Å². The second kappa shape index (κ2) is 10.1. The maximum absolute atomic E-state index is 12.8. The van der Waals surface area contributed by atoms with Gasteiger partial charge in [-0.05, 0) is 47.5 Å². The van der Waals surface area contributed by atoms with Gasteiger partial charge in [0, 0.05) is 18.7 Å². The van der Waals surface area contributed by atoms with Crippen molar-refractivity contribution in [1.29, 1.82) is 0 Å². The van der Waals surface area contributed by atoms with E-state index in [1.54, 1.807) is 42.5 Å². The van der Waals surface area contributed by atoms with Gasteiger partial charge in [-0.1, -0.05) is 35.9 Å². The first kappa shape index (κ1) is 22.8. The van der Waals surface area contributed by atoms with E-state index < -0.39 is 10.8 Å². The summed E-state index contributed by atoms with van der Waals surface area (Å²) in [7, 11) is 0. The summed E-state index contributed by atoms with van der Waals surface area (Å²) in [6.07, 6.45) is 2.63. The predicted octanol–water partition coefficient (Wildman–Crippen LogP) is 4.56. The van der Waals surface area contributed by atoms with Crippen LogP contribution in [0.4, 0.5) is 11.4 Å². The van der Waals surface area contributed by atoms with E-state index in [-0.39, 0.29) is 35.5 Å². The van der Waals surface area contributed by atoms with Crippen LogP contribution in [0.1, 0.15) is 21.5 Å². The Morgan fingerprint density at radius 3 is 2.68 bits per heavy atom. The SMILES string of the molecule is O=C(/C=C/c1ccc(Cl)c([N+](=O)[O-])c1)Nc1ccccc1C(=O)NCc1ccc2c(c1)OCO2. The number of hydrogen-bond donors (Lipinski definition) is 2. The van der Waals surface area contributed by atoms with Gasteiger partial charge in [-0.25, -0.2) is 0 Å². The lowest BCUT2D eigenvalue weighted by molar-refractivity contribution is -0.384. The van der Waals surface area contributed by atoms with E-state index in [0.29, 0.717) is 22.7 Å². The van der Waals surface area contributed by atoms with Gasteiger partial charge in [0.1, 0.15) is 5.02 Å². The van der Waals surface area contributed by atoms with Gasteiger partial charge < -0.3 is 20.1 Å². The van der Waals surface area contributed by atoms with E-state index in [0.717, 1.165) is 5.56 Å². The number of carbonyl (C=O) groups excluding carboxylic acids is 2. The first-order valence-electron chi connectivity index (χ1n) is 10.1. The van der Waals surface area contributed by atoms with Gasteiger partial charge in [0.05, 0.1) is 16.2 Å². The summed E-state index contributed by atoms with van der Waals surface area (Å²) in [6, 6.07) is 16.2. The Kier molecular flexibility index (Phi) is 6.74. The van der Waals surface area contributed by atoms with Crippen LogP contribution in [0.3, 0.4) is 0 Å². The molecule has 0 aromatic heterocycles. The lowest BCUT2D eigenvalue weighted by Gasteiger charge is -2.11. The first-order valence-corrected chi connectivity index (χ1v) is 10.5. The Bertz CT molecular complexity index is 1310. The third-order valence-corrected chi connectivity index (χ3v) is 5.23. The molecular weight excluding hydrogens is 462 g/mol. The third kappa shape index (κ3) is 5.33. The molecule has 0 atom stereocenters. The molecule has 0 saturated heterocycles. The second-order valence-corrected chi connectivity index (χ2v) is 7.61. The molecule has 0 unspecified atom stereocenters. The summed E-state index contributed by atoms with van der Waals surface area (Å²) < 4.78 is 10.6. The van der Waals surface area contributed by atoms with Crippen LogP contribution in [0.15, 0.2) is 66.7 Å². The summed E-state index contributed by atoms with van der Waals surface area (Å²) in [4.78, 5) is 35.6. The molecule has 34 heavy (non-hydrogen) atoms. The van der Waals surface area contributed by atoms with Crippen LogP contribution in [0.2, 0.25) is 5.02 Å². The largest absolute Gasteiger partial charge is 0.454 e. The third-order valence-electron chi connectivity index (χ3n) is 4.91. The maximum Gasteiger partial charge on any atom is 0.288 e. The molecule has 1 heterocycles. The highest BCUT2D eigenvalue weighted by atomic mass is 35.5. The highest BCUT2D eigenvalue weighted by Gasteiger charge is 2.16. The molecule has 4 rings (SSSR count). The Hall–Kier alpha value is -4.37. The number of anilines is 1. The summed E-state index contributed by atoms with van der Waals surface area (Å²) in [5.74, 6) is 0.404. The quantitative estimate of drug-likeness (QED) is 0.291. The summed E-state index contributed by atoms with van der Waals surface area (Å²) in [5.41, 5.74) is 1.61. The number of benzene rings is 3. The van der Waals surface area contributed by atoms with Crippen LogP contribution in [-0.2, 0) is 11.3 Å². The van der Waals surface area contributed by atoms with Gasteiger partial charge in [0.2, 0.25) is 12.7 Å². The number of fused-ring (bicyclic) bond motifs is 1. The Morgan fingerprint density at radius 1 is 1.06 bits per heavy atom. The van der Waals surface area contributed by atoms with E-state index in [1.165, 1.54) is 24.3 Å².